The summed E-state index contributed by atoms with van der Waals surface area (Å²) in [6, 6.07) is 5.29. The van der Waals surface area contributed by atoms with Gasteiger partial charge in [-0.1, -0.05) is 17.7 Å². The van der Waals surface area contributed by atoms with E-state index >= 15 is 0 Å². The van der Waals surface area contributed by atoms with E-state index in [0.29, 0.717) is 37.0 Å². The Morgan fingerprint density at radius 3 is 2.85 bits per heavy atom. The van der Waals surface area contributed by atoms with Crippen LogP contribution in [0.1, 0.15) is 23.2 Å². The first-order valence-corrected chi connectivity index (χ1v) is 7.62. The van der Waals surface area contributed by atoms with Crippen LogP contribution in [0, 0.1) is 0 Å². The Morgan fingerprint density at radius 2 is 2.10 bits per heavy atom. The maximum atomic E-state index is 11.9. The standard InChI is InChI=1S/C14H19BrClNO3/c1-19-9-10-20-8-3-2-7-17-14(18)11-5-4-6-12(15)13(11)16/h4-6H,2-3,7-10H2,1H3,(H,17,18). The van der Waals surface area contributed by atoms with E-state index in [1.807, 2.05) is 0 Å². The van der Waals surface area contributed by atoms with Gasteiger partial charge in [0.2, 0.25) is 0 Å². The van der Waals surface area contributed by atoms with E-state index in [1.54, 1.807) is 25.3 Å². The van der Waals surface area contributed by atoms with Crippen molar-refractivity contribution in [3.8, 4) is 0 Å². The zero-order valence-corrected chi connectivity index (χ0v) is 13.8. The number of halogens is 2. The molecular formula is C14H19BrClNO3. The van der Waals surface area contributed by atoms with Gasteiger partial charge in [-0.2, -0.15) is 0 Å². The first kappa shape index (κ1) is 17.4. The molecule has 0 aliphatic rings. The van der Waals surface area contributed by atoms with Crippen molar-refractivity contribution in [2.75, 3.05) is 33.5 Å². The fourth-order valence-electron chi connectivity index (χ4n) is 1.55. The molecule has 1 N–H and O–H groups in total. The molecule has 6 heteroatoms. The summed E-state index contributed by atoms with van der Waals surface area (Å²) in [6.07, 6.45) is 1.76. The van der Waals surface area contributed by atoms with Gasteiger partial charge in [0.25, 0.3) is 5.91 Å². The number of carbonyl (C=O) groups excluding carboxylic acids is 1. The van der Waals surface area contributed by atoms with E-state index in [-0.39, 0.29) is 5.91 Å². The highest BCUT2D eigenvalue weighted by molar-refractivity contribution is 9.10. The molecule has 0 aromatic heterocycles. The number of rotatable bonds is 9. The molecular weight excluding hydrogens is 346 g/mol. The largest absolute Gasteiger partial charge is 0.382 e. The minimum Gasteiger partial charge on any atom is -0.382 e. The van der Waals surface area contributed by atoms with Crippen molar-refractivity contribution in [2.45, 2.75) is 12.8 Å². The Bertz CT molecular complexity index is 429. The van der Waals surface area contributed by atoms with Crippen molar-refractivity contribution in [2.24, 2.45) is 0 Å². The fraction of sp³-hybridized carbons (Fsp3) is 0.500. The molecule has 0 radical (unpaired) electrons. The normalized spacial score (nSPS) is 10.6. The number of methoxy groups -OCH3 is 1. The van der Waals surface area contributed by atoms with Crippen molar-refractivity contribution < 1.29 is 14.3 Å². The van der Waals surface area contributed by atoms with Crippen LogP contribution in [0.2, 0.25) is 5.02 Å². The lowest BCUT2D eigenvalue weighted by Crippen LogP contribution is -2.25. The molecule has 4 nitrogen and oxygen atoms in total. The monoisotopic (exact) mass is 363 g/mol. The minimum atomic E-state index is -0.156. The maximum Gasteiger partial charge on any atom is 0.252 e. The van der Waals surface area contributed by atoms with Crippen LogP contribution in [0.25, 0.3) is 0 Å². The van der Waals surface area contributed by atoms with Crippen molar-refractivity contribution in [3.05, 3.63) is 33.3 Å². The number of hydrogen-bond acceptors (Lipinski definition) is 3. The van der Waals surface area contributed by atoms with Gasteiger partial charge in [-0.15, -0.1) is 0 Å². The Balaban J connectivity index is 2.19. The molecule has 0 saturated carbocycles. The molecule has 1 amide bonds. The van der Waals surface area contributed by atoms with Gasteiger partial charge in [0, 0.05) is 24.7 Å². The highest BCUT2D eigenvalue weighted by Gasteiger charge is 2.11. The molecule has 1 rings (SSSR count). The second kappa shape index (κ2) is 10.2. The van der Waals surface area contributed by atoms with Gasteiger partial charge < -0.3 is 14.8 Å². The van der Waals surface area contributed by atoms with Gasteiger partial charge in [-0.05, 0) is 40.9 Å². The first-order chi connectivity index (χ1) is 9.66. The van der Waals surface area contributed by atoms with Crippen LogP contribution in [-0.2, 0) is 9.47 Å². The topological polar surface area (TPSA) is 47.6 Å². The molecule has 0 atom stereocenters. The summed E-state index contributed by atoms with van der Waals surface area (Å²) in [4.78, 5) is 11.9. The van der Waals surface area contributed by atoms with Gasteiger partial charge in [-0.3, -0.25) is 4.79 Å². The predicted molar refractivity (Wildman–Crippen MR) is 83.4 cm³/mol. The van der Waals surface area contributed by atoms with Gasteiger partial charge in [-0.25, -0.2) is 0 Å². The summed E-state index contributed by atoms with van der Waals surface area (Å²) in [7, 11) is 1.64. The molecule has 20 heavy (non-hydrogen) atoms. The van der Waals surface area contributed by atoms with Crippen LogP contribution >= 0.6 is 27.5 Å². The molecule has 0 aliphatic heterocycles. The summed E-state index contributed by atoms with van der Waals surface area (Å²) >= 11 is 9.36. The third kappa shape index (κ3) is 6.22. The molecule has 0 fully saturated rings. The van der Waals surface area contributed by atoms with E-state index in [9.17, 15) is 4.79 Å². The van der Waals surface area contributed by atoms with Crippen LogP contribution < -0.4 is 5.32 Å². The van der Waals surface area contributed by atoms with Crippen LogP contribution in [0.3, 0.4) is 0 Å². The molecule has 112 valence electrons. The Labute approximate surface area is 132 Å². The van der Waals surface area contributed by atoms with Gasteiger partial charge in [0.05, 0.1) is 23.8 Å². The number of hydrogen-bond donors (Lipinski definition) is 1. The van der Waals surface area contributed by atoms with Crippen LogP contribution in [-0.4, -0.2) is 39.4 Å². The first-order valence-electron chi connectivity index (χ1n) is 6.45. The van der Waals surface area contributed by atoms with E-state index in [2.05, 4.69) is 21.2 Å². The third-order valence-electron chi connectivity index (χ3n) is 2.63. The molecule has 0 aliphatic carbocycles. The van der Waals surface area contributed by atoms with Crippen LogP contribution in [0.4, 0.5) is 0 Å². The lowest BCUT2D eigenvalue weighted by Gasteiger charge is -2.08. The molecule has 0 heterocycles. The van der Waals surface area contributed by atoms with Gasteiger partial charge in [0.15, 0.2) is 0 Å². The quantitative estimate of drug-likeness (QED) is 0.684. The Kier molecular flexibility index (Phi) is 8.85. The maximum absolute atomic E-state index is 11.9. The lowest BCUT2D eigenvalue weighted by molar-refractivity contribution is 0.0686. The Hall–Kier alpha value is -0.620. The molecule has 1 aromatic rings. The van der Waals surface area contributed by atoms with Gasteiger partial charge >= 0.3 is 0 Å². The number of carbonyl (C=O) groups is 1. The second-order valence-electron chi connectivity index (χ2n) is 4.17. The van der Waals surface area contributed by atoms with E-state index in [0.717, 1.165) is 17.3 Å². The average Bonchev–Trinajstić information content (AvgIpc) is 2.44. The van der Waals surface area contributed by atoms with E-state index in [4.69, 9.17) is 21.1 Å². The summed E-state index contributed by atoms with van der Waals surface area (Å²) < 4.78 is 10.9. The molecule has 0 unspecified atom stereocenters. The highest BCUT2D eigenvalue weighted by Crippen LogP contribution is 2.25. The smallest absolute Gasteiger partial charge is 0.252 e. The summed E-state index contributed by atoms with van der Waals surface area (Å²) in [5.74, 6) is -0.156. The minimum absolute atomic E-state index is 0.156. The van der Waals surface area contributed by atoms with Crippen LogP contribution in [0.15, 0.2) is 22.7 Å². The lowest BCUT2D eigenvalue weighted by atomic mass is 10.2. The van der Waals surface area contributed by atoms with E-state index < -0.39 is 0 Å². The number of ether oxygens (including phenoxy) is 2. The zero-order chi connectivity index (χ0) is 14.8. The van der Waals surface area contributed by atoms with Crippen molar-refractivity contribution in [3.63, 3.8) is 0 Å². The number of nitrogens with one attached hydrogen (secondary N) is 1. The SMILES string of the molecule is COCCOCCCCNC(=O)c1cccc(Br)c1Cl. The van der Waals surface area contributed by atoms with Crippen molar-refractivity contribution in [1.82, 2.24) is 5.32 Å². The fourth-order valence-corrected chi connectivity index (χ4v) is 2.13. The van der Waals surface area contributed by atoms with Crippen molar-refractivity contribution >= 4 is 33.4 Å². The molecule has 1 aromatic carbocycles. The summed E-state index contributed by atoms with van der Waals surface area (Å²) in [5, 5.41) is 3.28. The predicted octanol–water partition coefficient (Wildman–Crippen LogP) is 3.28. The number of benzene rings is 1. The van der Waals surface area contributed by atoms with Gasteiger partial charge in [0.1, 0.15) is 0 Å². The molecule has 0 bridgehead atoms. The third-order valence-corrected chi connectivity index (χ3v) is 3.93. The number of amides is 1. The molecule has 0 spiro atoms. The van der Waals surface area contributed by atoms with Crippen molar-refractivity contribution in [1.29, 1.82) is 0 Å². The molecule has 0 saturated heterocycles. The average molecular weight is 365 g/mol. The second-order valence-corrected chi connectivity index (χ2v) is 5.40. The number of unbranched alkanes of at least 4 members (excludes halogenated alkanes) is 1. The summed E-state index contributed by atoms with van der Waals surface area (Å²) in [6.45, 7) is 2.50. The Morgan fingerprint density at radius 1 is 1.30 bits per heavy atom. The summed E-state index contributed by atoms with van der Waals surface area (Å²) in [5.41, 5.74) is 0.484. The van der Waals surface area contributed by atoms with Crippen LogP contribution in [0.5, 0.6) is 0 Å². The van der Waals surface area contributed by atoms with E-state index in [1.165, 1.54) is 0 Å². The highest BCUT2D eigenvalue weighted by atomic mass is 79.9. The zero-order valence-electron chi connectivity index (χ0n) is 11.5.